The fourth-order valence-corrected chi connectivity index (χ4v) is 13.7. The average Bonchev–Trinajstić information content (AvgIpc) is 2.33. The van der Waals surface area contributed by atoms with Crippen LogP contribution in [0, 0.1) is 5.92 Å². The Balaban J connectivity index is 5.78. The van der Waals surface area contributed by atoms with Gasteiger partial charge in [0.2, 0.25) is 17.7 Å². The Labute approximate surface area is 574 Å². The molecule has 548 valence electrons. The number of hydrogen-bond donors (Lipinski definition) is 6. The van der Waals surface area contributed by atoms with Crippen molar-refractivity contribution in [1.82, 2.24) is 31.1 Å². The summed E-state index contributed by atoms with van der Waals surface area (Å²) in [6, 6.07) is 0. The normalized spacial score (nSPS) is 12.8. The van der Waals surface area contributed by atoms with Crippen molar-refractivity contribution < 1.29 is 24.6 Å². The highest BCUT2D eigenvalue weighted by Gasteiger charge is 2.22. The molecule has 0 aromatic carbocycles. The van der Waals surface area contributed by atoms with E-state index in [-0.39, 0.29) is 37.4 Å². The van der Waals surface area contributed by atoms with Gasteiger partial charge in [-0.2, -0.15) is 0 Å². The summed E-state index contributed by atoms with van der Waals surface area (Å²) in [5.74, 6) is 0.259. The van der Waals surface area contributed by atoms with Crippen LogP contribution in [-0.4, -0.2) is 122 Å². The van der Waals surface area contributed by atoms with E-state index in [0.29, 0.717) is 45.1 Å². The van der Waals surface area contributed by atoms with Gasteiger partial charge in [-0.3, -0.25) is 19.3 Å². The van der Waals surface area contributed by atoms with Crippen LogP contribution in [0.5, 0.6) is 0 Å². The molecule has 0 fully saturated rings. The number of nitrogens with one attached hydrogen (secondary N) is 4. The molecule has 0 spiro atoms. The van der Waals surface area contributed by atoms with Crippen LogP contribution in [0.3, 0.4) is 0 Å². The minimum Gasteiger partial charge on any atom is -0.392 e. The van der Waals surface area contributed by atoms with Gasteiger partial charge in [0.15, 0.2) is 0 Å². The molecule has 0 saturated heterocycles. The number of unbranched alkanes of at least 4 members (excludes halogenated alkanes) is 50. The summed E-state index contributed by atoms with van der Waals surface area (Å²) >= 11 is 0. The Hall–Kier alpha value is -1.79. The minimum absolute atomic E-state index is 0.0120. The monoisotopic (exact) mass is 1300 g/mol. The number of hydrogen-bond acceptors (Lipinski definition) is 8. The van der Waals surface area contributed by atoms with Gasteiger partial charge in [-0.25, -0.2) is 0 Å². The van der Waals surface area contributed by atoms with Crippen LogP contribution in [-0.2, 0) is 14.4 Å². The zero-order valence-electron chi connectivity index (χ0n) is 62.7. The molecule has 3 unspecified atom stereocenters. The molecule has 11 nitrogen and oxygen atoms in total. The van der Waals surface area contributed by atoms with Crippen LogP contribution in [0.1, 0.15) is 413 Å². The highest BCUT2D eigenvalue weighted by Crippen LogP contribution is 2.25. The van der Waals surface area contributed by atoms with Crippen LogP contribution in [0.25, 0.3) is 0 Å². The van der Waals surface area contributed by atoms with E-state index in [2.05, 4.69) is 60.8 Å². The summed E-state index contributed by atoms with van der Waals surface area (Å²) in [7, 11) is 0. The van der Waals surface area contributed by atoms with E-state index in [1.54, 1.807) is 0 Å². The second-order valence-corrected chi connectivity index (χ2v) is 29.2. The van der Waals surface area contributed by atoms with Gasteiger partial charge in [0, 0.05) is 39.3 Å². The van der Waals surface area contributed by atoms with E-state index in [0.717, 1.165) is 83.8 Å². The zero-order chi connectivity index (χ0) is 66.9. The Kier molecular flexibility index (Phi) is 73.5. The van der Waals surface area contributed by atoms with Crippen molar-refractivity contribution in [3.8, 4) is 0 Å². The third kappa shape index (κ3) is 69.6. The van der Waals surface area contributed by atoms with Gasteiger partial charge >= 0.3 is 0 Å². The second-order valence-electron chi connectivity index (χ2n) is 29.2. The molecule has 3 atom stereocenters. The summed E-state index contributed by atoms with van der Waals surface area (Å²) < 4.78 is 0. The highest BCUT2D eigenvalue weighted by molar-refractivity contribution is 5.81. The van der Waals surface area contributed by atoms with Crippen LogP contribution in [0.2, 0.25) is 0 Å². The van der Waals surface area contributed by atoms with Crippen molar-refractivity contribution in [3.63, 3.8) is 0 Å². The minimum atomic E-state index is -0.631. The summed E-state index contributed by atoms with van der Waals surface area (Å²) in [5.41, 5.74) is 0. The number of nitrogens with zero attached hydrogens (tertiary/aromatic N) is 2. The molecule has 0 heterocycles. The maximum atomic E-state index is 13.5. The second kappa shape index (κ2) is 75.0. The molecular weight excluding hydrogens is 1140 g/mol. The van der Waals surface area contributed by atoms with Crippen molar-refractivity contribution in [2.75, 3.05) is 72.0 Å². The number of rotatable bonds is 78. The Morgan fingerprint density at radius 2 is 0.543 bits per heavy atom. The molecule has 0 aliphatic carbocycles. The molecule has 0 aromatic rings. The first-order valence-corrected chi connectivity index (χ1v) is 41.5. The summed E-state index contributed by atoms with van der Waals surface area (Å²) in [6.07, 6.45) is 73.3. The predicted octanol–water partition coefficient (Wildman–Crippen LogP) is 21.0. The van der Waals surface area contributed by atoms with Crippen LogP contribution < -0.4 is 21.3 Å². The highest BCUT2D eigenvalue weighted by atomic mass is 16.3. The van der Waals surface area contributed by atoms with Gasteiger partial charge in [0.1, 0.15) is 0 Å². The fourth-order valence-electron chi connectivity index (χ4n) is 13.7. The molecule has 0 aliphatic heterocycles. The Morgan fingerprint density at radius 1 is 0.293 bits per heavy atom. The van der Waals surface area contributed by atoms with E-state index in [9.17, 15) is 24.6 Å². The van der Waals surface area contributed by atoms with Gasteiger partial charge in [0.05, 0.1) is 31.8 Å². The lowest BCUT2D eigenvalue weighted by atomic mass is 9.89. The average molecular weight is 1300 g/mol. The van der Waals surface area contributed by atoms with Crippen LogP contribution in [0.4, 0.5) is 0 Å². The number of carbonyl (C=O) groups is 3. The van der Waals surface area contributed by atoms with Gasteiger partial charge in [0.25, 0.3) is 0 Å². The SMILES string of the molecule is CCCCCCCCCCCCCCC(CCCCN(CCCCCCCCCCCCCC)CC(O)CNCC(=O)NCCCCCCCCCCCC)CC(O)CN(CC(=O)NCCCCCCCCCCCC)CC(=O)NCCCCCCCCCCCC. The third-order valence-corrected chi connectivity index (χ3v) is 19.6. The summed E-state index contributed by atoms with van der Waals surface area (Å²) in [5, 5.41) is 36.1. The van der Waals surface area contributed by atoms with Gasteiger partial charge in [-0.15, -0.1) is 0 Å². The van der Waals surface area contributed by atoms with Crippen molar-refractivity contribution >= 4 is 17.7 Å². The third-order valence-electron chi connectivity index (χ3n) is 19.6. The molecule has 0 saturated carbocycles. The van der Waals surface area contributed by atoms with Gasteiger partial charge in [-0.1, -0.05) is 375 Å². The molecule has 0 aromatic heterocycles. The Morgan fingerprint density at radius 3 is 0.870 bits per heavy atom. The van der Waals surface area contributed by atoms with Crippen molar-refractivity contribution in [2.24, 2.45) is 5.92 Å². The van der Waals surface area contributed by atoms with Crippen molar-refractivity contribution in [3.05, 3.63) is 0 Å². The van der Waals surface area contributed by atoms with Crippen LogP contribution >= 0.6 is 0 Å². The molecule has 0 bridgehead atoms. The molecular formula is C81H164N6O5. The smallest absolute Gasteiger partial charge is 0.234 e. The fraction of sp³-hybridized carbons (Fsp3) is 0.963. The summed E-state index contributed by atoms with van der Waals surface area (Å²) in [4.78, 5) is 44.2. The zero-order valence-corrected chi connectivity index (χ0v) is 62.7. The number of carbonyl (C=O) groups excluding carboxylic acids is 3. The van der Waals surface area contributed by atoms with E-state index >= 15 is 0 Å². The lowest BCUT2D eigenvalue weighted by Gasteiger charge is -2.27. The molecule has 6 N–H and O–H groups in total. The van der Waals surface area contributed by atoms with Crippen molar-refractivity contribution in [1.29, 1.82) is 0 Å². The number of aliphatic hydroxyl groups is 2. The Bertz CT molecular complexity index is 1450. The topological polar surface area (TPSA) is 146 Å². The molecule has 0 aliphatic rings. The summed E-state index contributed by atoms with van der Waals surface area (Å²) in [6.45, 7) is 17.1. The lowest BCUT2D eigenvalue weighted by Crippen LogP contribution is -2.46. The molecule has 92 heavy (non-hydrogen) atoms. The maximum Gasteiger partial charge on any atom is 0.234 e. The van der Waals surface area contributed by atoms with E-state index in [1.807, 2.05) is 4.90 Å². The molecule has 0 rings (SSSR count). The molecule has 0 radical (unpaired) electrons. The first-order valence-electron chi connectivity index (χ1n) is 41.5. The first-order chi connectivity index (χ1) is 45.2. The van der Waals surface area contributed by atoms with E-state index < -0.39 is 12.2 Å². The number of aliphatic hydroxyl groups excluding tert-OH is 2. The van der Waals surface area contributed by atoms with Gasteiger partial charge < -0.3 is 36.4 Å². The predicted molar refractivity (Wildman–Crippen MR) is 401 cm³/mol. The largest absolute Gasteiger partial charge is 0.392 e. The quantitative estimate of drug-likeness (QED) is 0.0330. The first kappa shape index (κ1) is 90.2. The molecule has 11 heteroatoms. The van der Waals surface area contributed by atoms with Crippen LogP contribution in [0.15, 0.2) is 0 Å². The maximum absolute atomic E-state index is 13.5. The van der Waals surface area contributed by atoms with E-state index in [4.69, 9.17) is 0 Å². The van der Waals surface area contributed by atoms with Crippen molar-refractivity contribution in [2.45, 2.75) is 426 Å². The van der Waals surface area contributed by atoms with E-state index in [1.165, 1.54) is 308 Å². The number of amides is 3. The standard InChI is InChI=1S/C81H164N6O5/c1-6-11-16-21-26-31-36-38-40-45-50-55-62-76(69-77(88)72-87(74-80(91)84-65-58-52-47-42-34-29-24-19-14-9-4)75-81(92)85-66-59-53-48-43-35-30-25-20-15-10-5)63-56-61-68-86(67-60-54-49-44-39-37-32-27-22-17-12-7-2)73-78(89)70-82-71-79(90)83-64-57-51-46-41-33-28-23-18-13-8-3/h76-78,82,88-89H,6-75H2,1-5H3,(H,83,90)(H,84,91)(H,85,92). The lowest BCUT2D eigenvalue weighted by molar-refractivity contribution is -0.126. The molecule has 3 amide bonds. The van der Waals surface area contributed by atoms with Gasteiger partial charge in [-0.05, 0) is 57.5 Å².